The summed E-state index contributed by atoms with van der Waals surface area (Å²) >= 11 is 1.54. The molecular weight excluding hydrogens is 367 g/mol. The first-order valence-corrected chi connectivity index (χ1v) is 8.92. The van der Waals surface area contributed by atoms with Crippen molar-refractivity contribution in [2.24, 2.45) is 0 Å². The van der Waals surface area contributed by atoms with Crippen LogP contribution in [0.3, 0.4) is 0 Å². The van der Waals surface area contributed by atoms with Crippen LogP contribution in [-0.4, -0.2) is 29.9 Å². The molecule has 1 fully saturated rings. The molecule has 0 radical (unpaired) electrons. The van der Waals surface area contributed by atoms with Crippen molar-refractivity contribution in [3.8, 4) is 0 Å². The third-order valence-corrected chi connectivity index (χ3v) is 5.20. The smallest absolute Gasteiger partial charge is 0.417 e. The normalized spacial score (nSPS) is 17.3. The molecule has 8 heteroatoms. The number of amides is 1. The van der Waals surface area contributed by atoms with Gasteiger partial charge in [0.1, 0.15) is 0 Å². The average molecular weight is 383 g/mol. The zero-order valence-electron chi connectivity index (χ0n) is 13.7. The second kappa shape index (κ2) is 7.49. The van der Waals surface area contributed by atoms with E-state index >= 15 is 0 Å². The van der Waals surface area contributed by atoms with Gasteiger partial charge in [-0.15, -0.1) is 11.3 Å². The summed E-state index contributed by atoms with van der Waals surface area (Å²) in [6.45, 7) is -0.0367. The van der Waals surface area contributed by atoms with E-state index in [9.17, 15) is 22.8 Å². The molecule has 1 unspecified atom stereocenters. The number of esters is 1. The Kier molecular flexibility index (Phi) is 5.31. The fourth-order valence-electron chi connectivity index (χ4n) is 3.04. The number of nitrogens with zero attached hydrogens (tertiary/aromatic N) is 1. The number of halogens is 3. The molecule has 1 aromatic heterocycles. The molecule has 1 amide bonds. The lowest BCUT2D eigenvalue weighted by Gasteiger charge is -2.23. The van der Waals surface area contributed by atoms with Crippen molar-refractivity contribution >= 4 is 23.2 Å². The maximum absolute atomic E-state index is 13.0. The van der Waals surface area contributed by atoms with E-state index < -0.39 is 35.8 Å². The Morgan fingerprint density at radius 2 is 1.96 bits per heavy atom. The Bertz CT molecular complexity index is 789. The first kappa shape index (κ1) is 18.4. The number of alkyl halides is 3. The van der Waals surface area contributed by atoms with Crippen molar-refractivity contribution in [2.45, 2.75) is 25.1 Å². The number of thiophene rings is 1. The lowest BCUT2D eigenvalue weighted by Crippen LogP contribution is -2.34. The Morgan fingerprint density at radius 1 is 1.19 bits per heavy atom. The van der Waals surface area contributed by atoms with Gasteiger partial charge in [-0.2, -0.15) is 13.2 Å². The van der Waals surface area contributed by atoms with E-state index in [4.69, 9.17) is 4.74 Å². The molecule has 1 saturated heterocycles. The summed E-state index contributed by atoms with van der Waals surface area (Å²) < 4.78 is 43.8. The molecule has 1 atom stereocenters. The summed E-state index contributed by atoms with van der Waals surface area (Å²) in [7, 11) is 0. The van der Waals surface area contributed by atoms with Crippen molar-refractivity contribution in [3.63, 3.8) is 0 Å². The van der Waals surface area contributed by atoms with E-state index in [0.29, 0.717) is 6.54 Å². The molecule has 3 rings (SSSR count). The molecule has 26 heavy (non-hydrogen) atoms. The highest BCUT2D eigenvalue weighted by Gasteiger charge is 2.36. The third-order valence-electron chi connectivity index (χ3n) is 4.22. The van der Waals surface area contributed by atoms with Crippen LogP contribution in [0.5, 0.6) is 0 Å². The molecule has 0 bridgehead atoms. The number of likely N-dealkylation sites (tertiary alicyclic amines) is 1. The van der Waals surface area contributed by atoms with Crippen LogP contribution in [0.2, 0.25) is 0 Å². The minimum absolute atomic E-state index is 0.0661. The Hall–Kier alpha value is -2.35. The largest absolute Gasteiger partial charge is 0.452 e. The summed E-state index contributed by atoms with van der Waals surface area (Å²) in [6, 6.07) is 8.14. The summed E-state index contributed by atoms with van der Waals surface area (Å²) in [5, 5.41) is 1.92. The third kappa shape index (κ3) is 3.90. The molecule has 2 heterocycles. The van der Waals surface area contributed by atoms with Crippen molar-refractivity contribution in [2.75, 3.05) is 13.2 Å². The summed E-state index contributed by atoms with van der Waals surface area (Å²) in [5.74, 6) is -1.56. The molecule has 2 aromatic rings. The van der Waals surface area contributed by atoms with Gasteiger partial charge in [-0.25, -0.2) is 4.79 Å². The number of ether oxygens (including phenoxy) is 1. The predicted octanol–water partition coefficient (Wildman–Crippen LogP) is 4.29. The minimum atomic E-state index is -4.67. The zero-order valence-corrected chi connectivity index (χ0v) is 14.5. The molecule has 4 nitrogen and oxygen atoms in total. The quantitative estimate of drug-likeness (QED) is 0.740. The van der Waals surface area contributed by atoms with Gasteiger partial charge in [0.15, 0.2) is 6.61 Å². The van der Waals surface area contributed by atoms with Crippen LogP contribution in [0.1, 0.15) is 39.7 Å². The molecule has 0 spiro atoms. The highest BCUT2D eigenvalue weighted by Crippen LogP contribution is 2.35. The van der Waals surface area contributed by atoms with Crippen molar-refractivity contribution < 1.29 is 27.5 Å². The van der Waals surface area contributed by atoms with E-state index in [0.717, 1.165) is 29.9 Å². The van der Waals surface area contributed by atoms with E-state index in [1.54, 1.807) is 16.2 Å². The monoisotopic (exact) mass is 383 g/mol. The predicted molar refractivity (Wildman–Crippen MR) is 89.7 cm³/mol. The molecule has 0 saturated carbocycles. The fourth-order valence-corrected chi connectivity index (χ4v) is 3.91. The maximum atomic E-state index is 13.0. The van der Waals surface area contributed by atoms with Crippen LogP contribution >= 0.6 is 11.3 Å². The lowest BCUT2D eigenvalue weighted by atomic mass is 10.1. The second-order valence-corrected chi connectivity index (χ2v) is 6.86. The van der Waals surface area contributed by atoms with Gasteiger partial charge in [0, 0.05) is 11.4 Å². The Balaban J connectivity index is 1.66. The van der Waals surface area contributed by atoms with Crippen LogP contribution in [0, 0.1) is 0 Å². The molecule has 1 aliphatic heterocycles. The number of benzene rings is 1. The fraction of sp³-hybridized carbons (Fsp3) is 0.333. The number of carbonyl (C=O) groups excluding carboxylic acids is 2. The molecule has 1 aliphatic rings. The Morgan fingerprint density at radius 3 is 2.65 bits per heavy atom. The number of rotatable bonds is 4. The van der Waals surface area contributed by atoms with Crippen molar-refractivity contribution in [1.82, 2.24) is 4.90 Å². The number of carbonyl (C=O) groups is 2. The minimum Gasteiger partial charge on any atom is -0.452 e. The van der Waals surface area contributed by atoms with Crippen LogP contribution in [0.25, 0.3) is 0 Å². The van der Waals surface area contributed by atoms with Gasteiger partial charge in [0.25, 0.3) is 5.91 Å². The van der Waals surface area contributed by atoms with Gasteiger partial charge in [-0.1, -0.05) is 18.2 Å². The van der Waals surface area contributed by atoms with Gasteiger partial charge in [-0.3, -0.25) is 4.79 Å². The average Bonchev–Trinajstić information content (AvgIpc) is 3.29. The summed E-state index contributed by atoms with van der Waals surface area (Å²) in [5.41, 5.74) is -1.67. The number of hydrogen-bond donors (Lipinski definition) is 0. The van der Waals surface area contributed by atoms with Crippen LogP contribution < -0.4 is 0 Å². The van der Waals surface area contributed by atoms with Gasteiger partial charge in [-0.05, 0) is 36.4 Å². The highest BCUT2D eigenvalue weighted by molar-refractivity contribution is 7.10. The van der Waals surface area contributed by atoms with E-state index in [2.05, 4.69) is 0 Å². The molecule has 1 aromatic carbocycles. The summed E-state index contributed by atoms with van der Waals surface area (Å²) in [6.07, 6.45) is -3.02. The van der Waals surface area contributed by atoms with Gasteiger partial charge < -0.3 is 9.64 Å². The molecule has 138 valence electrons. The van der Waals surface area contributed by atoms with Gasteiger partial charge >= 0.3 is 12.1 Å². The SMILES string of the molecule is O=C(OCC(=O)N1CCCC1c1cccs1)c1ccccc1C(F)(F)F. The molecule has 0 N–H and O–H groups in total. The maximum Gasteiger partial charge on any atom is 0.417 e. The first-order valence-electron chi connectivity index (χ1n) is 8.04. The first-order chi connectivity index (χ1) is 12.4. The standard InChI is InChI=1S/C18H16F3NO3S/c19-18(20,21)13-6-2-1-5-12(13)17(24)25-11-16(23)22-9-3-7-14(22)15-8-4-10-26-15/h1-2,4-6,8,10,14H,3,7,9,11H2. The highest BCUT2D eigenvalue weighted by atomic mass is 32.1. The number of hydrogen-bond acceptors (Lipinski definition) is 4. The van der Waals surface area contributed by atoms with Crippen molar-refractivity contribution in [3.05, 3.63) is 57.8 Å². The van der Waals surface area contributed by atoms with Crippen LogP contribution in [-0.2, 0) is 15.7 Å². The van der Waals surface area contributed by atoms with Gasteiger partial charge in [0.05, 0.1) is 17.2 Å². The molecular formula is C18H16F3NO3S. The van der Waals surface area contributed by atoms with E-state index in [1.807, 2.05) is 17.5 Å². The van der Waals surface area contributed by atoms with Crippen LogP contribution in [0.15, 0.2) is 41.8 Å². The van der Waals surface area contributed by atoms with E-state index in [1.165, 1.54) is 12.1 Å². The van der Waals surface area contributed by atoms with Gasteiger partial charge in [0.2, 0.25) is 0 Å². The topological polar surface area (TPSA) is 46.6 Å². The summed E-state index contributed by atoms with van der Waals surface area (Å²) in [4.78, 5) is 27.1. The van der Waals surface area contributed by atoms with Crippen LogP contribution in [0.4, 0.5) is 13.2 Å². The molecule has 0 aliphatic carbocycles. The zero-order chi connectivity index (χ0) is 18.7. The van der Waals surface area contributed by atoms with E-state index in [-0.39, 0.29) is 6.04 Å². The second-order valence-electron chi connectivity index (χ2n) is 5.88. The Labute approximate surface area is 152 Å². The van der Waals surface area contributed by atoms with Crippen molar-refractivity contribution in [1.29, 1.82) is 0 Å². The lowest BCUT2D eigenvalue weighted by molar-refractivity contribution is -0.138.